The normalized spacial score (nSPS) is 15.5. The van der Waals surface area contributed by atoms with Crippen LogP contribution in [0.4, 0.5) is 24.5 Å². The quantitative estimate of drug-likeness (QED) is 0.521. The number of piperazine rings is 1. The van der Waals surface area contributed by atoms with Gasteiger partial charge in [-0.15, -0.1) is 0 Å². The molecule has 2 aromatic rings. The molecule has 166 valence electrons. The van der Waals surface area contributed by atoms with Gasteiger partial charge in [0.15, 0.2) is 6.10 Å². The predicted molar refractivity (Wildman–Crippen MR) is 108 cm³/mol. The van der Waals surface area contributed by atoms with E-state index in [1.165, 1.54) is 0 Å². The lowest BCUT2D eigenvalue weighted by Gasteiger charge is -2.36. The van der Waals surface area contributed by atoms with Gasteiger partial charge in [0.1, 0.15) is 11.4 Å². The number of aryl methyl sites for hydroxylation is 1. The molecule has 1 unspecified atom stereocenters. The van der Waals surface area contributed by atoms with Gasteiger partial charge >= 0.3 is 6.18 Å². The van der Waals surface area contributed by atoms with Crippen LogP contribution in [0.1, 0.15) is 18.1 Å². The van der Waals surface area contributed by atoms with Crippen LogP contribution in [0.3, 0.4) is 0 Å². The summed E-state index contributed by atoms with van der Waals surface area (Å²) in [5, 5.41) is 11.3. The molecule has 1 saturated heterocycles. The van der Waals surface area contributed by atoms with Crippen LogP contribution >= 0.6 is 0 Å². The van der Waals surface area contributed by atoms with E-state index in [2.05, 4.69) is 0 Å². The van der Waals surface area contributed by atoms with Gasteiger partial charge in [-0.25, -0.2) is 0 Å². The Bertz CT molecular complexity index is 955. The minimum atomic E-state index is -4.66. The molecule has 0 bridgehead atoms. The summed E-state index contributed by atoms with van der Waals surface area (Å²) in [6.45, 7) is 4.66. The number of carbonyl (C=O) groups is 1. The lowest BCUT2D eigenvalue weighted by atomic mass is 10.1. The number of anilines is 1. The Kier molecular flexibility index (Phi) is 6.37. The fraction of sp³-hybridized carbons (Fsp3) is 0.381. The zero-order valence-corrected chi connectivity index (χ0v) is 17.1. The zero-order valence-electron chi connectivity index (χ0n) is 17.1. The highest BCUT2D eigenvalue weighted by Crippen LogP contribution is 2.36. The average Bonchev–Trinajstić information content (AvgIpc) is 2.73. The number of alkyl halides is 3. The molecule has 10 heteroatoms. The number of nitrogens with zero attached hydrogens (tertiary/aromatic N) is 3. The van der Waals surface area contributed by atoms with Crippen molar-refractivity contribution in [1.29, 1.82) is 0 Å². The minimum Gasteiger partial charge on any atom is -0.481 e. The Morgan fingerprint density at radius 1 is 1.10 bits per heavy atom. The van der Waals surface area contributed by atoms with Gasteiger partial charge in [0, 0.05) is 32.2 Å². The number of nitro groups is 1. The molecular formula is C21H22F3N3O4. The lowest BCUT2D eigenvalue weighted by molar-refractivity contribution is -0.384. The zero-order chi connectivity index (χ0) is 22.8. The van der Waals surface area contributed by atoms with E-state index >= 15 is 0 Å². The van der Waals surface area contributed by atoms with Crippen LogP contribution in [0.2, 0.25) is 0 Å². The third-order valence-electron chi connectivity index (χ3n) is 5.11. The molecule has 2 aromatic carbocycles. The molecule has 0 spiro atoms. The van der Waals surface area contributed by atoms with Crippen LogP contribution in [-0.2, 0) is 11.0 Å². The van der Waals surface area contributed by atoms with E-state index in [1.807, 2.05) is 19.1 Å². The lowest BCUT2D eigenvalue weighted by Crippen LogP contribution is -2.52. The molecule has 0 N–H and O–H groups in total. The molecule has 1 aliphatic rings. The number of hydrogen-bond acceptors (Lipinski definition) is 5. The van der Waals surface area contributed by atoms with Crippen LogP contribution < -0.4 is 9.64 Å². The Morgan fingerprint density at radius 2 is 1.71 bits per heavy atom. The molecule has 3 rings (SSSR count). The van der Waals surface area contributed by atoms with E-state index in [0.717, 1.165) is 17.7 Å². The molecular weight excluding hydrogens is 415 g/mol. The van der Waals surface area contributed by atoms with Gasteiger partial charge in [-0.3, -0.25) is 14.9 Å². The maximum absolute atomic E-state index is 12.9. The van der Waals surface area contributed by atoms with Crippen molar-refractivity contribution in [2.24, 2.45) is 0 Å². The van der Waals surface area contributed by atoms with E-state index < -0.39 is 28.5 Å². The molecule has 1 fully saturated rings. The highest BCUT2D eigenvalue weighted by atomic mass is 19.4. The fourth-order valence-electron chi connectivity index (χ4n) is 3.41. The Morgan fingerprint density at radius 3 is 2.26 bits per heavy atom. The summed E-state index contributed by atoms with van der Waals surface area (Å²) < 4.78 is 44.4. The summed E-state index contributed by atoms with van der Waals surface area (Å²) in [5.41, 5.74) is -0.501. The maximum Gasteiger partial charge on any atom is 0.416 e. The van der Waals surface area contributed by atoms with E-state index in [4.69, 9.17) is 4.74 Å². The van der Waals surface area contributed by atoms with Crippen molar-refractivity contribution in [3.8, 4) is 5.75 Å². The average molecular weight is 437 g/mol. The van der Waals surface area contributed by atoms with Gasteiger partial charge in [-0.1, -0.05) is 17.7 Å². The predicted octanol–water partition coefficient (Wildman–Crippen LogP) is 4.04. The molecule has 0 radical (unpaired) electrons. The molecule has 31 heavy (non-hydrogen) atoms. The van der Waals surface area contributed by atoms with Crippen molar-refractivity contribution < 1.29 is 27.6 Å². The summed E-state index contributed by atoms with van der Waals surface area (Å²) >= 11 is 0. The second-order valence-corrected chi connectivity index (χ2v) is 7.34. The smallest absolute Gasteiger partial charge is 0.416 e. The van der Waals surface area contributed by atoms with Gasteiger partial charge in [0.25, 0.3) is 11.6 Å². The molecule has 1 atom stereocenters. The third kappa shape index (κ3) is 5.25. The Labute approximate surface area is 177 Å². The number of amides is 1. The topological polar surface area (TPSA) is 75.9 Å². The van der Waals surface area contributed by atoms with Gasteiger partial charge in [0.2, 0.25) is 0 Å². The SMILES string of the molecule is Cc1ccc(OC(C)C(=O)N2CCN(c3ccc(C(F)(F)F)cc3[N+](=O)[O-])CC2)cc1. The standard InChI is InChI=1S/C21H22F3N3O4/c1-14-3-6-17(7-4-14)31-15(2)20(28)26-11-9-25(10-12-26)18-8-5-16(21(22,23)24)13-19(18)27(29)30/h3-8,13,15H,9-12H2,1-2H3. The van der Waals surface area contributed by atoms with Crippen molar-refractivity contribution in [2.75, 3.05) is 31.1 Å². The van der Waals surface area contributed by atoms with Crippen LogP contribution in [0, 0.1) is 17.0 Å². The number of benzene rings is 2. The first kappa shape index (κ1) is 22.4. The fourth-order valence-corrected chi connectivity index (χ4v) is 3.41. The number of ether oxygens (including phenoxy) is 1. The maximum atomic E-state index is 12.9. The number of halogens is 3. The van der Waals surface area contributed by atoms with Crippen molar-refractivity contribution in [2.45, 2.75) is 26.1 Å². The van der Waals surface area contributed by atoms with Gasteiger partial charge in [-0.05, 0) is 38.1 Å². The summed E-state index contributed by atoms with van der Waals surface area (Å²) in [6, 6.07) is 9.80. The van der Waals surface area contributed by atoms with Gasteiger partial charge < -0.3 is 14.5 Å². The molecule has 0 aromatic heterocycles. The van der Waals surface area contributed by atoms with Crippen molar-refractivity contribution in [1.82, 2.24) is 4.90 Å². The minimum absolute atomic E-state index is 0.106. The highest BCUT2D eigenvalue weighted by Gasteiger charge is 2.34. The second-order valence-electron chi connectivity index (χ2n) is 7.34. The number of hydrogen-bond donors (Lipinski definition) is 0. The Balaban J connectivity index is 1.65. The summed E-state index contributed by atoms with van der Waals surface area (Å²) in [5.74, 6) is 0.354. The molecule has 1 heterocycles. The summed E-state index contributed by atoms with van der Waals surface area (Å²) in [7, 11) is 0. The van der Waals surface area contributed by atoms with Crippen LogP contribution in [0.25, 0.3) is 0 Å². The number of rotatable bonds is 5. The van der Waals surface area contributed by atoms with Crippen molar-refractivity contribution in [3.05, 3.63) is 63.7 Å². The van der Waals surface area contributed by atoms with Crippen LogP contribution in [0.15, 0.2) is 42.5 Å². The van der Waals surface area contributed by atoms with E-state index in [0.29, 0.717) is 11.8 Å². The Hall–Kier alpha value is -3.30. The van der Waals surface area contributed by atoms with Crippen LogP contribution in [0.5, 0.6) is 5.75 Å². The second kappa shape index (κ2) is 8.83. The molecule has 1 amide bonds. The molecule has 0 aliphatic carbocycles. The first-order chi connectivity index (χ1) is 14.6. The third-order valence-corrected chi connectivity index (χ3v) is 5.11. The molecule has 1 aliphatic heterocycles. The van der Waals surface area contributed by atoms with Gasteiger partial charge in [0.05, 0.1) is 10.5 Å². The molecule has 0 saturated carbocycles. The summed E-state index contributed by atoms with van der Waals surface area (Å²) in [4.78, 5) is 26.4. The first-order valence-corrected chi connectivity index (χ1v) is 9.69. The summed E-state index contributed by atoms with van der Waals surface area (Å²) in [6.07, 6.45) is -5.38. The first-order valence-electron chi connectivity index (χ1n) is 9.69. The largest absolute Gasteiger partial charge is 0.481 e. The number of carbonyl (C=O) groups excluding carboxylic acids is 1. The van der Waals surface area contributed by atoms with Gasteiger partial charge in [-0.2, -0.15) is 13.2 Å². The van der Waals surface area contributed by atoms with Crippen molar-refractivity contribution in [3.63, 3.8) is 0 Å². The highest BCUT2D eigenvalue weighted by molar-refractivity contribution is 5.81. The van der Waals surface area contributed by atoms with Crippen molar-refractivity contribution >= 4 is 17.3 Å². The monoisotopic (exact) mass is 437 g/mol. The number of nitro benzene ring substituents is 1. The van der Waals surface area contributed by atoms with E-state index in [1.54, 1.807) is 28.9 Å². The van der Waals surface area contributed by atoms with Crippen LogP contribution in [-0.4, -0.2) is 48.0 Å². The van der Waals surface area contributed by atoms with E-state index in [-0.39, 0.29) is 37.8 Å². The van der Waals surface area contributed by atoms with E-state index in [9.17, 15) is 28.1 Å². The molecule has 7 nitrogen and oxygen atoms in total.